The summed E-state index contributed by atoms with van der Waals surface area (Å²) in [5.74, 6) is 0. The van der Waals surface area contributed by atoms with Crippen LogP contribution in [0.2, 0.25) is 0 Å². The van der Waals surface area contributed by atoms with Gasteiger partial charge in [0.25, 0.3) is 0 Å². The minimum Gasteiger partial charge on any atom is -0.147 e. The molecule has 0 bridgehead atoms. The van der Waals surface area contributed by atoms with Crippen LogP contribution in [0.4, 0.5) is 0 Å². The average molecular weight is 200 g/mol. The predicted octanol–water partition coefficient (Wildman–Crippen LogP) is 1.82. The first-order valence-corrected chi connectivity index (χ1v) is 3.82. The smallest absolute Gasteiger partial charge is 0.147 e. The molecule has 0 nitrogen and oxygen atoms in total. The molecule has 0 aromatic rings. The first-order chi connectivity index (χ1) is 2.41. The average Bonchev–Trinajstić information content (AvgIpc) is 1.41. The fourth-order valence-electron chi connectivity index (χ4n) is 0.0833. The van der Waals surface area contributed by atoms with Gasteiger partial charge in [0.1, 0.15) is 0 Å². The number of hydrogen-bond acceptors (Lipinski definition) is 0. The van der Waals surface area contributed by atoms with Gasteiger partial charge in [-0.3, -0.25) is 0 Å². The summed E-state index contributed by atoms with van der Waals surface area (Å²) in [4.78, 5) is 3.88. The minimum absolute atomic E-state index is 0. The molecule has 0 aliphatic rings. The Morgan fingerprint density at radius 2 is 1.29 bits per heavy atom. The molecule has 0 N–H and O–H groups in total. The van der Waals surface area contributed by atoms with Crippen molar-refractivity contribution in [1.29, 1.82) is 0 Å². The predicted molar refractivity (Wildman–Crippen MR) is 40.6 cm³/mol. The van der Waals surface area contributed by atoms with E-state index < -0.39 is 0 Å². The van der Waals surface area contributed by atoms with Gasteiger partial charge in [-0.15, -0.1) is 24.8 Å². The third-order valence-corrected chi connectivity index (χ3v) is 1.22. The van der Waals surface area contributed by atoms with Crippen molar-refractivity contribution >= 4 is 40.2 Å². The van der Waals surface area contributed by atoms with Crippen LogP contribution in [0, 0.1) is 0 Å². The maximum absolute atomic E-state index is 3.53. The van der Waals surface area contributed by atoms with Gasteiger partial charge in [-0.1, -0.05) is 0 Å². The molecule has 42 valence electrons. The van der Waals surface area contributed by atoms with Gasteiger partial charge in [-0.2, -0.15) is 0 Å². The first kappa shape index (κ1) is 15.6. The molecule has 0 saturated heterocycles. The fraction of sp³-hybridized carbons (Fsp3) is 0. The maximum atomic E-state index is 3.53. The summed E-state index contributed by atoms with van der Waals surface area (Å²) < 4.78 is 0. The summed E-state index contributed by atoms with van der Waals surface area (Å²) in [6, 6.07) is 0. The molecule has 0 amide bonds. The van der Waals surface area contributed by atoms with E-state index in [4.69, 9.17) is 0 Å². The fourth-order valence-corrected chi connectivity index (χ4v) is 0.433. The molecule has 0 aliphatic heterocycles. The Kier molecular flexibility index (Phi) is 35.7. The SMILES string of the molecule is C=[CH][Ge][CH]=C.Cl.Cl. The van der Waals surface area contributed by atoms with Gasteiger partial charge in [0.2, 0.25) is 0 Å². The van der Waals surface area contributed by atoms with Crippen LogP contribution >= 0.6 is 24.8 Å². The van der Waals surface area contributed by atoms with Gasteiger partial charge in [0.15, 0.2) is 0 Å². The van der Waals surface area contributed by atoms with Crippen LogP contribution in [0.1, 0.15) is 0 Å². The van der Waals surface area contributed by atoms with Gasteiger partial charge >= 0.3 is 38.4 Å². The third-order valence-electron chi connectivity index (χ3n) is 0.236. The van der Waals surface area contributed by atoms with Crippen LogP contribution < -0.4 is 0 Å². The van der Waals surface area contributed by atoms with Crippen molar-refractivity contribution in [3.63, 3.8) is 0 Å². The molecular weight excluding hydrogens is 192 g/mol. The first-order valence-electron chi connectivity index (χ1n) is 1.39. The second-order valence-electron chi connectivity index (χ2n) is 0.575. The molecule has 0 saturated carbocycles. The Morgan fingerprint density at radius 1 is 1.00 bits per heavy atom. The van der Waals surface area contributed by atoms with Crippen molar-refractivity contribution in [1.82, 2.24) is 0 Å². The largest absolute Gasteiger partial charge is 0.147 e. The van der Waals surface area contributed by atoms with Crippen molar-refractivity contribution in [2.24, 2.45) is 0 Å². The van der Waals surface area contributed by atoms with E-state index in [-0.39, 0.29) is 40.2 Å². The zero-order valence-corrected chi connectivity index (χ0v) is 7.62. The monoisotopic (exact) mass is 200 g/mol. The summed E-state index contributed by atoms with van der Waals surface area (Å²) in [6.07, 6.45) is 0. The van der Waals surface area contributed by atoms with E-state index in [2.05, 4.69) is 13.2 Å². The standard InChI is InChI=1S/C4H6Ge.2ClH/c1-3-5-4-2;;/h3-4H,1-2H2;2*1H. The number of halogens is 2. The van der Waals surface area contributed by atoms with E-state index in [1.54, 1.807) is 0 Å². The van der Waals surface area contributed by atoms with Crippen LogP contribution in [0.3, 0.4) is 0 Å². The van der Waals surface area contributed by atoms with E-state index in [1.807, 2.05) is 9.82 Å². The number of hydrogen-bond donors (Lipinski definition) is 0. The Labute approximate surface area is 63.4 Å². The quantitative estimate of drug-likeness (QED) is 0.596. The Bertz CT molecular complexity index is 39.0. The van der Waals surface area contributed by atoms with Crippen LogP contribution in [0.15, 0.2) is 23.0 Å². The Balaban J connectivity index is -0.0000000800. The molecular formula is C4H8Cl2Ge. The molecule has 2 radical (unpaired) electrons. The summed E-state index contributed by atoms with van der Waals surface area (Å²) in [7, 11) is 0. The minimum atomic E-state index is 0. The van der Waals surface area contributed by atoms with Crippen molar-refractivity contribution in [2.45, 2.75) is 0 Å². The Hall–Kier alpha value is 0.603. The second kappa shape index (κ2) is 16.0. The van der Waals surface area contributed by atoms with Crippen LogP contribution in [-0.4, -0.2) is 15.4 Å². The number of rotatable bonds is 2. The molecule has 3 heteroatoms. The van der Waals surface area contributed by atoms with Crippen molar-refractivity contribution in [3.05, 3.63) is 23.0 Å². The molecule has 0 aromatic heterocycles. The van der Waals surface area contributed by atoms with Gasteiger partial charge in [-0.25, -0.2) is 0 Å². The van der Waals surface area contributed by atoms with Gasteiger partial charge < -0.3 is 0 Å². The third kappa shape index (κ3) is 20.6. The molecule has 0 aliphatic carbocycles. The molecule has 0 aromatic carbocycles. The molecule has 7 heavy (non-hydrogen) atoms. The molecule has 0 rings (SSSR count). The normalized spacial score (nSPS) is 4.57. The topological polar surface area (TPSA) is 0 Å². The van der Waals surface area contributed by atoms with E-state index >= 15 is 0 Å². The molecule has 0 fully saturated rings. The zero-order chi connectivity index (χ0) is 4.12. The summed E-state index contributed by atoms with van der Waals surface area (Å²) in [6.45, 7) is 7.07. The van der Waals surface area contributed by atoms with E-state index in [0.717, 1.165) is 0 Å². The molecule has 0 spiro atoms. The summed E-state index contributed by atoms with van der Waals surface area (Å²) in [5.41, 5.74) is 0. The van der Waals surface area contributed by atoms with Gasteiger partial charge in [0.05, 0.1) is 0 Å². The Morgan fingerprint density at radius 3 is 1.29 bits per heavy atom. The zero-order valence-electron chi connectivity index (χ0n) is 3.89. The van der Waals surface area contributed by atoms with Gasteiger partial charge in [-0.05, 0) is 0 Å². The maximum Gasteiger partial charge on any atom is -0.147 e. The molecule has 0 unspecified atom stereocenters. The van der Waals surface area contributed by atoms with Gasteiger partial charge in [0, 0.05) is 0 Å². The molecule has 0 atom stereocenters. The van der Waals surface area contributed by atoms with Crippen LogP contribution in [-0.2, 0) is 0 Å². The van der Waals surface area contributed by atoms with Crippen LogP contribution in [0.25, 0.3) is 0 Å². The van der Waals surface area contributed by atoms with Crippen molar-refractivity contribution in [2.75, 3.05) is 0 Å². The summed E-state index contributed by atoms with van der Waals surface area (Å²) in [5, 5.41) is 0. The summed E-state index contributed by atoms with van der Waals surface area (Å²) >= 11 is 0.0556. The van der Waals surface area contributed by atoms with Crippen molar-refractivity contribution in [3.8, 4) is 0 Å². The van der Waals surface area contributed by atoms with Crippen molar-refractivity contribution < 1.29 is 0 Å². The van der Waals surface area contributed by atoms with E-state index in [9.17, 15) is 0 Å². The van der Waals surface area contributed by atoms with Crippen LogP contribution in [0.5, 0.6) is 0 Å². The second-order valence-corrected chi connectivity index (χ2v) is 2.99. The van der Waals surface area contributed by atoms with E-state index in [1.165, 1.54) is 0 Å². The van der Waals surface area contributed by atoms with E-state index in [0.29, 0.717) is 0 Å². The molecule has 0 heterocycles.